The van der Waals surface area contributed by atoms with Gasteiger partial charge in [0, 0.05) is 23.7 Å². The van der Waals surface area contributed by atoms with Crippen LogP contribution in [-0.2, 0) is 6.54 Å². The lowest BCUT2D eigenvalue weighted by atomic mass is 10.1. The molecule has 0 aliphatic rings. The molecule has 0 fully saturated rings. The van der Waals surface area contributed by atoms with Gasteiger partial charge in [0.1, 0.15) is 0 Å². The van der Waals surface area contributed by atoms with Crippen LogP contribution in [-0.4, -0.2) is 29.2 Å². The number of nitrogens with zero attached hydrogens (tertiary/aromatic N) is 2. The van der Waals surface area contributed by atoms with Gasteiger partial charge in [-0.05, 0) is 25.2 Å². The van der Waals surface area contributed by atoms with Gasteiger partial charge < -0.3 is 0 Å². The zero-order chi connectivity index (χ0) is 17.0. The minimum atomic E-state index is -0.427. The van der Waals surface area contributed by atoms with Gasteiger partial charge >= 0.3 is 0 Å². The number of halogens is 2. The van der Waals surface area contributed by atoms with Crippen molar-refractivity contribution in [2.24, 2.45) is 0 Å². The number of Topliss-reactive ketones (excluding diaryl/α,β-unsaturated/α-hetero) is 1. The number of hydrogen-bond acceptors (Lipinski definition) is 4. The Morgan fingerprint density at radius 1 is 1.17 bits per heavy atom. The molecule has 0 bridgehead atoms. The second-order valence-electron chi connectivity index (χ2n) is 5.11. The average molecular weight is 353 g/mol. The first-order valence-corrected chi connectivity index (χ1v) is 7.53. The fourth-order valence-electron chi connectivity index (χ4n) is 2.18. The standard InChI is InChI=1S/C16H14Cl2N2O3/c1-19(9-12-4-2-3-5-15(12)20(22)23)10-16(21)11-6-7-13(17)14(18)8-11/h2-8H,9-10H2,1H3. The number of para-hydroxylation sites is 1. The van der Waals surface area contributed by atoms with Crippen molar-refractivity contribution in [2.45, 2.75) is 6.54 Å². The van der Waals surface area contributed by atoms with E-state index in [1.54, 1.807) is 42.3 Å². The minimum absolute atomic E-state index is 0.0429. The van der Waals surface area contributed by atoms with Gasteiger partial charge in [-0.25, -0.2) is 0 Å². The first-order chi connectivity index (χ1) is 10.9. The van der Waals surface area contributed by atoms with Crippen LogP contribution in [0.3, 0.4) is 0 Å². The monoisotopic (exact) mass is 352 g/mol. The molecule has 0 heterocycles. The molecule has 0 atom stereocenters. The van der Waals surface area contributed by atoms with Gasteiger partial charge in [0.25, 0.3) is 5.69 Å². The molecule has 2 aromatic rings. The van der Waals surface area contributed by atoms with E-state index in [2.05, 4.69) is 0 Å². The molecule has 0 N–H and O–H groups in total. The van der Waals surface area contributed by atoms with Crippen molar-refractivity contribution in [3.8, 4) is 0 Å². The van der Waals surface area contributed by atoms with E-state index >= 15 is 0 Å². The number of rotatable bonds is 6. The Labute approximate surface area is 143 Å². The van der Waals surface area contributed by atoms with Crippen molar-refractivity contribution in [1.29, 1.82) is 0 Å². The van der Waals surface area contributed by atoms with Crippen LogP contribution in [0.25, 0.3) is 0 Å². The van der Waals surface area contributed by atoms with E-state index in [0.717, 1.165) is 0 Å². The highest BCUT2D eigenvalue weighted by molar-refractivity contribution is 6.42. The van der Waals surface area contributed by atoms with Gasteiger partial charge in [-0.2, -0.15) is 0 Å². The van der Waals surface area contributed by atoms with E-state index in [1.165, 1.54) is 12.1 Å². The molecule has 120 valence electrons. The average Bonchev–Trinajstić information content (AvgIpc) is 2.50. The van der Waals surface area contributed by atoms with Crippen LogP contribution in [0.15, 0.2) is 42.5 Å². The predicted octanol–water partition coefficient (Wildman–Crippen LogP) is 4.22. The molecule has 0 aliphatic carbocycles. The molecule has 0 saturated carbocycles. The summed E-state index contributed by atoms with van der Waals surface area (Å²) in [5.41, 5.74) is 1.05. The van der Waals surface area contributed by atoms with E-state index < -0.39 is 4.92 Å². The zero-order valence-corrected chi connectivity index (χ0v) is 13.8. The molecule has 2 rings (SSSR count). The van der Waals surface area contributed by atoms with E-state index in [9.17, 15) is 14.9 Å². The van der Waals surface area contributed by atoms with Crippen molar-refractivity contribution in [3.63, 3.8) is 0 Å². The van der Waals surface area contributed by atoms with Gasteiger partial charge in [0.05, 0.1) is 21.5 Å². The Morgan fingerprint density at radius 2 is 1.87 bits per heavy atom. The highest BCUT2D eigenvalue weighted by Gasteiger charge is 2.16. The van der Waals surface area contributed by atoms with E-state index in [1.807, 2.05) is 0 Å². The van der Waals surface area contributed by atoms with Gasteiger partial charge in [0.2, 0.25) is 0 Å². The topological polar surface area (TPSA) is 63.5 Å². The third kappa shape index (κ3) is 4.51. The Balaban J connectivity index is 2.07. The van der Waals surface area contributed by atoms with Crippen LogP contribution in [0, 0.1) is 10.1 Å². The number of nitro benzene ring substituents is 1. The molecular formula is C16H14Cl2N2O3. The molecule has 0 aromatic heterocycles. The molecule has 5 nitrogen and oxygen atoms in total. The highest BCUT2D eigenvalue weighted by atomic mass is 35.5. The van der Waals surface area contributed by atoms with E-state index in [0.29, 0.717) is 27.7 Å². The summed E-state index contributed by atoms with van der Waals surface area (Å²) in [6.45, 7) is 0.411. The zero-order valence-electron chi connectivity index (χ0n) is 12.3. The molecular weight excluding hydrogens is 339 g/mol. The summed E-state index contributed by atoms with van der Waals surface area (Å²) in [5, 5.41) is 11.7. The van der Waals surface area contributed by atoms with Gasteiger partial charge in [-0.3, -0.25) is 19.8 Å². The first-order valence-electron chi connectivity index (χ1n) is 6.77. The maximum Gasteiger partial charge on any atom is 0.273 e. The first kappa shape index (κ1) is 17.4. The number of hydrogen-bond donors (Lipinski definition) is 0. The van der Waals surface area contributed by atoms with Crippen molar-refractivity contribution in [3.05, 3.63) is 73.8 Å². The van der Waals surface area contributed by atoms with Crippen molar-refractivity contribution < 1.29 is 9.72 Å². The van der Waals surface area contributed by atoms with Crippen molar-refractivity contribution in [1.82, 2.24) is 4.90 Å². The number of ketones is 1. The smallest absolute Gasteiger partial charge is 0.273 e. The third-order valence-electron chi connectivity index (χ3n) is 3.28. The van der Waals surface area contributed by atoms with Gasteiger partial charge in [0.15, 0.2) is 5.78 Å². The summed E-state index contributed by atoms with van der Waals surface area (Å²) in [4.78, 5) is 24.5. The maximum atomic E-state index is 12.3. The lowest BCUT2D eigenvalue weighted by molar-refractivity contribution is -0.385. The Morgan fingerprint density at radius 3 is 2.52 bits per heavy atom. The summed E-state index contributed by atoms with van der Waals surface area (Å²) >= 11 is 11.7. The number of carbonyl (C=O) groups excluding carboxylic acids is 1. The minimum Gasteiger partial charge on any atom is -0.294 e. The second-order valence-corrected chi connectivity index (χ2v) is 5.92. The van der Waals surface area contributed by atoms with Crippen molar-refractivity contribution in [2.75, 3.05) is 13.6 Å². The Kier molecular flexibility index (Phi) is 5.71. The van der Waals surface area contributed by atoms with Crippen LogP contribution in [0.4, 0.5) is 5.69 Å². The van der Waals surface area contributed by atoms with Crippen LogP contribution in [0.2, 0.25) is 10.0 Å². The summed E-state index contributed by atoms with van der Waals surface area (Å²) in [7, 11) is 1.73. The SMILES string of the molecule is CN(CC(=O)c1ccc(Cl)c(Cl)c1)Cc1ccccc1[N+](=O)[O-]. The number of benzene rings is 2. The maximum absolute atomic E-state index is 12.3. The molecule has 0 spiro atoms. The van der Waals surface area contributed by atoms with E-state index in [-0.39, 0.29) is 18.0 Å². The van der Waals surface area contributed by atoms with Gasteiger partial charge in [-0.1, -0.05) is 41.4 Å². The summed E-state index contributed by atoms with van der Waals surface area (Å²) in [6, 6.07) is 11.2. The summed E-state index contributed by atoms with van der Waals surface area (Å²) in [6.07, 6.45) is 0. The predicted molar refractivity (Wildman–Crippen MR) is 90.2 cm³/mol. The summed E-state index contributed by atoms with van der Waals surface area (Å²) in [5.74, 6) is -0.135. The van der Waals surface area contributed by atoms with Crippen LogP contribution in [0.1, 0.15) is 15.9 Å². The largest absolute Gasteiger partial charge is 0.294 e. The molecule has 0 unspecified atom stereocenters. The fourth-order valence-corrected chi connectivity index (χ4v) is 2.47. The number of nitro groups is 1. The van der Waals surface area contributed by atoms with Crippen molar-refractivity contribution >= 4 is 34.7 Å². The van der Waals surface area contributed by atoms with Gasteiger partial charge in [-0.15, -0.1) is 0 Å². The summed E-state index contributed by atoms with van der Waals surface area (Å²) < 4.78 is 0. The number of likely N-dealkylation sites (N-methyl/N-ethyl adjacent to an activating group) is 1. The quantitative estimate of drug-likeness (QED) is 0.443. The van der Waals surface area contributed by atoms with Crippen LogP contribution in [0.5, 0.6) is 0 Å². The second kappa shape index (κ2) is 7.55. The van der Waals surface area contributed by atoms with E-state index in [4.69, 9.17) is 23.2 Å². The Hall–Kier alpha value is -1.95. The molecule has 0 amide bonds. The fraction of sp³-hybridized carbons (Fsp3) is 0.188. The lowest BCUT2D eigenvalue weighted by Crippen LogP contribution is -2.26. The van der Waals surface area contributed by atoms with Crippen LogP contribution >= 0.6 is 23.2 Å². The normalized spacial score (nSPS) is 10.8. The highest BCUT2D eigenvalue weighted by Crippen LogP contribution is 2.23. The molecule has 0 saturated heterocycles. The molecule has 7 heteroatoms. The lowest BCUT2D eigenvalue weighted by Gasteiger charge is -2.16. The molecule has 0 radical (unpaired) electrons. The molecule has 0 aliphatic heterocycles. The van der Waals surface area contributed by atoms with Crippen LogP contribution < -0.4 is 0 Å². The third-order valence-corrected chi connectivity index (χ3v) is 4.02. The molecule has 23 heavy (non-hydrogen) atoms. The molecule has 2 aromatic carbocycles. The Bertz CT molecular complexity index is 750. The number of carbonyl (C=O) groups is 1.